The van der Waals surface area contributed by atoms with Crippen molar-refractivity contribution in [1.29, 1.82) is 0 Å². The Kier molecular flexibility index (Phi) is 7.80. The van der Waals surface area contributed by atoms with Gasteiger partial charge in [0.05, 0.1) is 5.02 Å². The topological polar surface area (TPSA) is 20.2 Å². The van der Waals surface area contributed by atoms with Crippen molar-refractivity contribution in [3.63, 3.8) is 0 Å². The summed E-state index contributed by atoms with van der Waals surface area (Å²) < 4.78 is 0. The molecule has 1 aromatic carbocycles. The predicted molar refractivity (Wildman–Crippen MR) is 80.8 cm³/mol. The zero-order chi connectivity index (χ0) is 12.7. The smallest absolute Gasteiger partial charge is 0.0542 e. The first kappa shape index (κ1) is 15.5. The maximum absolute atomic E-state index is 8.89. The van der Waals surface area contributed by atoms with Gasteiger partial charge in [0, 0.05) is 28.0 Å². The molecule has 96 valence electrons. The lowest BCUT2D eigenvalue weighted by Crippen LogP contribution is -2.04. The second-order valence-corrected chi connectivity index (χ2v) is 6.92. The Hall–Kier alpha value is 0.460. The van der Waals surface area contributed by atoms with E-state index in [1.54, 1.807) is 17.8 Å². The van der Waals surface area contributed by atoms with E-state index in [1.165, 1.54) is 0 Å². The molecule has 1 atom stereocenters. The van der Waals surface area contributed by atoms with E-state index >= 15 is 0 Å². The molecule has 5 heteroatoms. The molecule has 0 aromatic heterocycles. The van der Waals surface area contributed by atoms with Crippen LogP contribution in [0.5, 0.6) is 0 Å². The van der Waals surface area contributed by atoms with Crippen molar-refractivity contribution in [2.75, 3.05) is 23.9 Å². The van der Waals surface area contributed by atoms with Gasteiger partial charge in [-0.2, -0.15) is 11.8 Å². The van der Waals surface area contributed by atoms with Crippen LogP contribution in [0.2, 0.25) is 10.0 Å². The maximum Gasteiger partial charge on any atom is 0.0542 e. The molecular formula is C12H16Cl2OS2. The van der Waals surface area contributed by atoms with Crippen LogP contribution in [0.3, 0.4) is 0 Å². The summed E-state index contributed by atoms with van der Waals surface area (Å²) in [7, 11) is 0. The van der Waals surface area contributed by atoms with Crippen molar-refractivity contribution in [1.82, 2.24) is 0 Å². The molecule has 0 spiro atoms. The minimum Gasteiger partial charge on any atom is -0.396 e. The average Bonchev–Trinajstić information content (AvgIpc) is 2.32. The molecular weight excluding hydrogens is 295 g/mol. The van der Waals surface area contributed by atoms with Gasteiger partial charge in [-0.05, 0) is 29.9 Å². The first-order valence-electron chi connectivity index (χ1n) is 5.40. The number of thioether (sulfide) groups is 2. The molecule has 1 unspecified atom stereocenters. The average molecular weight is 311 g/mol. The molecule has 0 fully saturated rings. The van der Waals surface area contributed by atoms with Crippen molar-refractivity contribution in [3.05, 3.63) is 28.2 Å². The maximum atomic E-state index is 8.89. The Labute approximate surface area is 121 Å². The number of aliphatic hydroxyl groups excluding tert-OH is 1. The molecule has 0 bridgehead atoms. The summed E-state index contributed by atoms with van der Waals surface area (Å²) in [6.45, 7) is 2.31. The molecule has 1 nitrogen and oxygen atoms in total. The third-order valence-corrected chi connectivity index (χ3v) is 5.38. The molecule has 1 aromatic rings. The van der Waals surface area contributed by atoms with Gasteiger partial charge in [-0.1, -0.05) is 30.1 Å². The Balaban J connectivity index is 2.24. The van der Waals surface area contributed by atoms with E-state index < -0.39 is 0 Å². The highest BCUT2D eigenvalue weighted by atomic mass is 35.5. The van der Waals surface area contributed by atoms with Crippen LogP contribution in [-0.4, -0.2) is 29.0 Å². The van der Waals surface area contributed by atoms with Crippen LogP contribution in [-0.2, 0) is 0 Å². The van der Waals surface area contributed by atoms with E-state index in [-0.39, 0.29) is 6.61 Å². The molecule has 0 saturated carbocycles. The van der Waals surface area contributed by atoms with Crippen molar-refractivity contribution in [3.8, 4) is 0 Å². The summed E-state index contributed by atoms with van der Waals surface area (Å²) in [6.07, 6.45) is 0. The molecule has 0 aliphatic carbocycles. The van der Waals surface area contributed by atoms with E-state index in [1.807, 2.05) is 30.8 Å². The summed E-state index contributed by atoms with van der Waals surface area (Å²) in [5.41, 5.74) is 0. The van der Waals surface area contributed by atoms with Gasteiger partial charge in [-0.25, -0.2) is 0 Å². The van der Waals surface area contributed by atoms with E-state index in [0.717, 1.165) is 32.2 Å². The number of aliphatic hydroxyl groups is 1. The van der Waals surface area contributed by atoms with Gasteiger partial charge in [0.1, 0.15) is 0 Å². The van der Waals surface area contributed by atoms with Crippen LogP contribution in [0.1, 0.15) is 6.92 Å². The third-order valence-electron chi connectivity index (χ3n) is 2.09. The van der Waals surface area contributed by atoms with Gasteiger partial charge in [0.2, 0.25) is 0 Å². The van der Waals surface area contributed by atoms with Gasteiger partial charge in [0.25, 0.3) is 0 Å². The molecule has 0 aliphatic rings. The molecule has 0 amide bonds. The standard InChI is InChI=1S/C12H16Cl2OS2/c1-9(7-15)8-16-4-5-17-12-6-10(13)2-3-11(12)14/h2-3,6,9,15H,4-5,7-8H2,1H3. The number of hydrogen-bond acceptors (Lipinski definition) is 3. The SMILES string of the molecule is CC(CO)CSCCSc1cc(Cl)ccc1Cl. The monoisotopic (exact) mass is 310 g/mol. The highest BCUT2D eigenvalue weighted by molar-refractivity contribution is 8.03. The van der Waals surface area contributed by atoms with Crippen molar-refractivity contribution >= 4 is 46.7 Å². The van der Waals surface area contributed by atoms with E-state index in [2.05, 4.69) is 0 Å². The first-order chi connectivity index (χ1) is 8.13. The van der Waals surface area contributed by atoms with Crippen LogP contribution >= 0.6 is 46.7 Å². The largest absolute Gasteiger partial charge is 0.396 e. The van der Waals surface area contributed by atoms with Gasteiger partial charge < -0.3 is 5.11 Å². The zero-order valence-corrected chi connectivity index (χ0v) is 12.8. The number of hydrogen-bond donors (Lipinski definition) is 1. The molecule has 0 saturated heterocycles. The lowest BCUT2D eigenvalue weighted by atomic mass is 10.2. The highest BCUT2D eigenvalue weighted by Gasteiger charge is 2.03. The van der Waals surface area contributed by atoms with Gasteiger partial charge in [0.15, 0.2) is 0 Å². The normalized spacial score (nSPS) is 12.7. The third kappa shape index (κ3) is 6.25. The summed E-state index contributed by atoms with van der Waals surface area (Å²) >= 11 is 15.6. The minimum absolute atomic E-state index is 0.264. The first-order valence-corrected chi connectivity index (χ1v) is 8.29. The van der Waals surface area contributed by atoms with Crippen LogP contribution in [0.25, 0.3) is 0 Å². The molecule has 0 radical (unpaired) electrons. The molecule has 0 heterocycles. The van der Waals surface area contributed by atoms with Crippen LogP contribution < -0.4 is 0 Å². The fraction of sp³-hybridized carbons (Fsp3) is 0.500. The van der Waals surface area contributed by atoms with Crippen LogP contribution in [0.4, 0.5) is 0 Å². The molecule has 1 rings (SSSR count). The fourth-order valence-corrected chi connectivity index (χ4v) is 3.77. The highest BCUT2D eigenvalue weighted by Crippen LogP contribution is 2.30. The van der Waals surface area contributed by atoms with Crippen LogP contribution in [0.15, 0.2) is 23.1 Å². The summed E-state index contributed by atoms with van der Waals surface area (Å²) in [4.78, 5) is 1.04. The Morgan fingerprint density at radius 1 is 1.29 bits per heavy atom. The Morgan fingerprint density at radius 3 is 2.76 bits per heavy atom. The minimum atomic E-state index is 0.264. The van der Waals surface area contributed by atoms with E-state index in [4.69, 9.17) is 28.3 Å². The quantitative estimate of drug-likeness (QED) is 0.593. The number of benzene rings is 1. The number of halogens is 2. The summed E-state index contributed by atoms with van der Waals surface area (Å²) in [5.74, 6) is 3.43. The molecule has 0 aliphatic heterocycles. The lowest BCUT2D eigenvalue weighted by molar-refractivity contribution is 0.250. The van der Waals surface area contributed by atoms with Gasteiger partial charge in [-0.15, -0.1) is 11.8 Å². The summed E-state index contributed by atoms with van der Waals surface area (Å²) in [5, 5.41) is 10.4. The van der Waals surface area contributed by atoms with Crippen molar-refractivity contribution in [2.45, 2.75) is 11.8 Å². The summed E-state index contributed by atoms with van der Waals surface area (Å²) in [6, 6.07) is 5.52. The Morgan fingerprint density at radius 2 is 2.06 bits per heavy atom. The van der Waals surface area contributed by atoms with Crippen molar-refractivity contribution in [2.24, 2.45) is 5.92 Å². The zero-order valence-electron chi connectivity index (χ0n) is 9.66. The Bertz CT molecular complexity index is 347. The predicted octanol–water partition coefficient (Wildman–Crippen LogP) is 4.45. The van der Waals surface area contributed by atoms with Crippen LogP contribution in [0, 0.1) is 5.92 Å². The van der Waals surface area contributed by atoms with Crippen molar-refractivity contribution < 1.29 is 5.11 Å². The lowest BCUT2D eigenvalue weighted by Gasteiger charge is -2.07. The number of rotatable bonds is 7. The second-order valence-electron chi connectivity index (χ2n) is 3.79. The molecule has 1 N–H and O–H groups in total. The van der Waals surface area contributed by atoms with Gasteiger partial charge in [-0.3, -0.25) is 0 Å². The fourth-order valence-electron chi connectivity index (χ4n) is 1.14. The van der Waals surface area contributed by atoms with E-state index in [0.29, 0.717) is 5.92 Å². The van der Waals surface area contributed by atoms with E-state index in [9.17, 15) is 0 Å². The van der Waals surface area contributed by atoms with Gasteiger partial charge >= 0.3 is 0 Å². The molecule has 17 heavy (non-hydrogen) atoms. The second kappa shape index (κ2) is 8.54.